The van der Waals surface area contributed by atoms with E-state index in [0.717, 1.165) is 11.6 Å². The van der Waals surface area contributed by atoms with E-state index < -0.39 is 23.0 Å². The Hall–Kier alpha value is -3.49. The third-order valence-corrected chi connectivity index (χ3v) is 4.23. The standard InChI is InChI=1S/C21H22F2N2O5/c1-14(2)24(13-15-7-5-4-6-8-15)20(26)10-9-16-11-18(29-3)19(30-21(22)23)12-17(16)25(27)28/h4-12,14,21H,13H2,1-3H3/b10-9+. The molecule has 0 bridgehead atoms. The molecule has 1 amide bonds. The normalized spacial score (nSPS) is 11.2. The summed E-state index contributed by atoms with van der Waals surface area (Å²) < 4.78 is 34.4. The van der Waals surface area contributed by atoms with Gasteiger partial charge in [0.05, 0.1) is 23.7 Å². The molecule has 0 unspecified atom stereocenters. The molecule has 2 rings (SSSR count). The van der Waals surface area contributed by atoms with E-state index in [1.165, 1.54) is 25.3 Å². The Morgan fingerprint density at radius 1 is 1.20 bits per heavy atom. The van der Waals surface area contributed by atoms with Crippen molar-refractivity contribution in [1.29, 1.82) is 0 Å². The van der Waals surface area contributed by atoms with Crippen LogP contribution in [0.25, 0.3) is 6.08 Å². The van der Waals surface area contributed by atoms with E-state index in [-0.39, 0.29) is 23.3 Å². The second-order valence-electron chi connectivity index (χ2n) is 6.58. The minimum absolute atomic E-state index is 0.0234. The zero-order valence-electron chi connectivity index (χ0n) is 16.7. The molecule has 0 aliphatic carbocycles. The van der Waals surface area contributed by atoms with Crippen LogP contribution in [0.15, 0.2) is 48.5 Å². The maximum Gasteiger partial charge on any atom is 0.387 e. The van der Waals surface area contributed by atoms with Crippen molar-refractivity contribution in [3.8, 4) is 11.5 Å². The first-order chi connectivity index (χ1) is 14.2. The van der Waals surface area contributed by atoms with E-state index in [1.807, 2.05) is 44.2 Å². The predicted octanol–water partition coefficient (Wildman–Crippen LogP) is 4.66. The van der Waals surface area contributed by atoms with Gasteiger partial charge in [-0.25, -0.2) is 0 Å². The zero-order chi connectivity index (χ0) is 22.3. The van der Waals surface area contributed by atoms with Crippen LogP contribution in [-0.4, -0.2) is 35.5 Å². The molecule has 0 fully saturated rings. The summed E-state index contributed by atoms with van der Waals surface area (Å²) in [7, 11) is 1.22. The Labute approximate surface area is 172 Å². The average molecular weight is 420 g/mol. The van der Waals surface area contributed by atoms with Crippen LogP contribution in [-0.2, 0) is 11.3 Å². The number of methoxy groups -OCH3 is 1. The van der Waals surface area contributed by atoms with Crippen molar-refractivity contribution in [1.82, 2.24) is 4.90 Å². The van der Waals surface area contributed by atoms with E-state index in [1.54, 1.807) is 4.90 Å². The van der Waals surface area contributed by atoms with Crippen LogP contribution in [0.3, 0.4) is 0 Å². The highest BCUT2D eigenvalue weighted by Crippen LogP contribution is 2.36. The molecule has 2 aromatic rings. The number of rotatable bonds is 9. The number of halogens is 2. The third kappa shape index (κ3) is 6.00. The smallest absolute Gasteiger partial charge is 0.387 e. The summed E-state index contributed by atoms with van der Waals surface area (Å²) in [5.41, 5.74) is 0.471. The minimum atomic E-state index is -3.17. The Kier molecular flexibility index (Phi) is 7.85. The van der Waals surface area contributed by atoms with Gasteiger partial charge in [0, 0.05) is 18.7 Å². The molecule has 0 heterocycles. The SMILES string of the molecule is COc1cc(/C=C/C(=O)N(Cc2ccccc2)C(C)C)c([N+](=O)[O-])cc1OC(F)F. The van der Waals surface area contributed by atoms with Gasteiger partial charge in [-0.2, -0.15) is 8.78 Å². The van der Waals surface area contributed by atoms with Crippen LogP contribution in [0.1, 0.15) is 25.0 Å². The molecule has 0 aliphatic heterocycles. The number of nitrogens with zero attached hydrogens (tertiary/aromatic N) is 2. The fourth-order valence-electron chi connectivity index (χ4n) is 2.76. The summed E-state index contributed by atoms with van der Waals surface area (Å²) >= 11 is 0. The van der Waals surface area contributed by atoms with Crippen molar-refractivity contribution in [2.24, 2.45) is 0 Å². The number of carbonyl (C=O) groups excluding carboxylic acids is 1. The van der Waals surface area contributed by atoms with Gasteiger partial charge in [0.1, 0.15) is 0 Å². The van der Waals surface area contributed by atoms with Gasteiger partial charge in [0.25, 0.3) is 5.69 Å². The summed E-state index contributed by atoms with van der Waals surface area (Å²) in [5.74, 6) is -0.927. The lowest BCUT2D eigenvalue weighted by atomic mass is 10.1. The first kappa shape index (κ1) is 22.8. The molecule has 0 N–H and O–H groups in total. The lowest BCUT2D eigenvalue weighted by molar-refractivity contribution is -0.385. The molecular formula is C21H22F2N2O5. The van der Waals surface area contributed by atoms with Crippen LogP contribution in [0.2, 0.25) is 0 Å². The van der Waals surface area contributed by atoms with E-state index in [0.29, 0.717) is 6.54 Å². The monoisotopic (exact) mass is 420 g/mol. The van der Waals surface area contributed by atoms with E-state index >= 15 is 0 Å². The number of alkyl halides is 2. The van der Waals surface area contributed by atoms with E-state index in [9.17, 15) is 23.7 Å². The molecule has 0 saturated heterocycles. The quantitative estimate of drug-likeness (QED) is 0.335. The van der Waals surface area contributed by atoms with Crippen molar-refractivity contribution in [2.75, 3.05) is 7.11 Å². The number of carbonyl (C=O) groups is 1. The van der Waals surface area contributed by atoms with Gasteiger partial charge in [0.2, 0.25) is 5.91 Å². The number of hydrogen-bond donors (Lipinski definition) is 0. The molecule has 0 atom stereocenters. The fourth-order valence-corrected chi connectivity index (χ4v) is 2.76. The van der Waals surface area contributed by atoms with E-state index in [4.69, 9.17) is 4.74 Å². The van der Waals surface area contributed by atoms with Crippen LogP contribution in [0, 0.1) is 10.1 Å². The summed E-state index contributed by atoms with van der Waals surface area (Å²) in [6.45, 7) is 0.917. The Morgan fingerprint density at radius 3 is 2.40 bits per heavy atom. The van der Waals surface area contributed by atoms with E-state index in [2.05, 4.69) is 4.74 Å². The first-order valence-corrected chi connectivity index (χ1v) is 9.06. The van der Waals surface area contributed by atoms with Crippen LogP contribution in [0.4, 0.5) is 14.5 Å². The molecule has 0 radical (unpaired) electrons. The molecule has 2 aromatic carbocycles. The van der Waals surface area contributed by atoms with Crippen LogP contribution < -0.4 is 9.47 Å². The van der Waals surface area contributed by atoms with Gasteiger partial charge >= 0.3 is 6.61 Å². The second kappa shape index (κ2) is 10.3. The number of nitro benzene ring substituents is 1. The molecule has 0 aromatic heterocycles. The van der Waals surface area contributed by atoms with Crippen LogP contribution >= 0.6 is 0 Å². The molecule has 0 aliphatic rings. The fraction of sp³-hybridized carbons (Fsp3) is 0.286. The molecular weight excluding hydrogens is 398 g/mol. The molecule has 160 valence electrons. The third-order valence-electron chi connectivity index (χ3n) is 4.23. The number of ether oxygens (including phenoxy) is 2. The second-order valence-corrected chi connectivity index (χ2v) is 6.58. The highest BCUT2D eigenvalue weighted by Gasteiger charge is 2.21. The lowest BCUT2D eigenvalue weighted by Crippen LogP contribution is -2.35. The molecule has 0 saturated carbocycles. The maximum absolute atomic E-state index is 12.7. The number of hydrogen-bond acceptors (Lipinski definition) is 5. The van der Waals surface area contributed by atoms with Crippen molar-refractivity contribution in [2.45, 2.75) is 33.0 Å². The summed E-state index contributed by atoms with van der Waals surface area (Å²) in [6.07, 6.45) is 2.47. The topological polar surface area (TPSA) is 81.9 Å². The largest absolute Gasteiger partial charge is 0.493 e. The Balaban J connectivity index is 2.33. The first-order valence-electron chi connectivity index (χ1n) is 9.06. The summed E-state index contributed by atoms with van der Waals surface area (Å²) in [6, 6.07) is 11.3. The molecule has 0 spiro atoms. The predicted molar refractivity (Wildman–Crippen MR) is 107 cm³/mol. The average Bonchev–Trinajstić information content (AvgIpc) is 2.70. The van der Waals surface area contributed by atoms with Crippen molar-refractivity contribution in [3.05, 3.63) is 69.8 Å². The van der Waals surface area contributed by atoms with Crippen LogP contribution in [0.5, 0.6) is 11.5 Å². The van der Waals surface area contributed by atoms with Crippen molar-refractivity contribution < 1.29 is 28.0 Å². The molecule has 9 heteroatoms. The highest BCUT2D eigenvalue weighted by molar-refractivity contribution is 5.92. The van der Waals surface area contributed by atoms with Gasteiger partial charge in [-0.1, -0.05) is 30.3 Å². The maximum atomic E-state index is 12.7. The van der Waals surface area contributed by atoms with Gasteiger partial charge < -0.3 is 14.4 Å². The minimum Gasteiger partial charge on any atom is -0.493 e. The van der Waals surface area contributed by atoms with Gasteiger partial charge in [0.15, 0.2) is 11.5 Å². The number of amides is 1. The number of nitro groups is 1. The van der Waals surface area contributed by atoms with Gasteiger partial charge in [-0.05, 0) is 31.6 Å². The molecule has 7 nitrogen and oxygen atoms in total. The zero-order valence-corrected chi connectivity index (χ0v) is 16.7. The highest BCUT2D eigenvalue weighted by atomic mass is 19.3. The van der Waals surface area contributed by atoms with Gasteiger partial charge in [-0.3, -0.25) is 14.9 Å². The van der Waals surface area contributed by atoms with Gasteiger partial charge in [-0.15, -0.1) is 0 Å². The molecule has 30 heavy (non-hydrogen) atoms. The Bertz CT molecular complexity index is 917. The number of benzene rings is 2. The Morgan fingerprint density at radius 2 is 1.87 bits per heavy atom. The summed E-state index contributed by atoms with van der Waals surface area (Å²) in [4.78, 5) is 25.0. The van der Waals surface area contributed by atoms with Crippen molar-refractivity contribution in [3.63, 3.8) is 0 Å². The lowest BCUT2D eigenvalue weighted by Gasteiger charge is -2.25. The van der Waals surface area contributed by atoms with Crippen molar-refractivity contribution >= 4 is 17.7 Å². The summed E-state index contributed by atoms with van der Waals surface area (Å²) in [5, 5.41) is 11.4.